The first-order chi connectivity index (χ1) is 24.2. The Morgan fingerprint density at radius 3 is 1.30 bits per heavy atom. The first kappa shape index (κ1) is 37.1. The quantitative estimate of drug-likeness (QED) is 0.0569. The van der Waals surface area contributed by atoms with Crippen molar-refractivity contribution in [2.24, 2.45) is 11.8 Å². The van der Waals surface area contributed by atoms with Crippen LogP contribution in [0, 0.1) is 11.8 Å². The van der Waals surface area contributed by atoms with Crippen LogP contribution in [0.3, 0.4) is 0 Å². The molecule has 0 spiro atoms. The highest BCUT2D eigenvalue weighted by Crippen LogP contribution is 2.41. The Bertz CT molecular complexity index is 1700. The van der Waals surface area contributed by atoms with Crippen LogP contribution < -0.4 is 9.47 Å². The van der Waals surface area contributed by atoms with E-state index < -0.39 is 0 Å². The minimum Gasteiger partial charge on any atom is -0.426 e. The Balaban J connectivity index is 1.27. The molecule has 4 aromatic rings. The Hall–Kier alpha value is -4.14. The molecule has 0 aromatic heterocycles. The zero-order valence-electron chi connectivity index (χ0n) is 29.2. The number of ether oxygens (including phenoxy) is 2. The second kappa shape index (κ2) is 17.7. The molecule has 0 heterocycles. The fraction of sp³-hybridized carbons (Fsp3) is 0.333. The molecule has 5 rings (SSSR count). The first-order valence-corrected chi connectivity index (χ1v) is 19.2. The molecule has 50 heavy (non-hydrogen) atoms. The molecular formula is C42H44O6S2. The molecule has 1 aliphatic rings. The van der Waals surface area contributed by atoms with Gasteiger partial charge in [0.25, 0.3) is 0 Å². The van der Waals surface area contributed by atoms with E-state index in [4.69, 9.17) is 9.47 Å². The Morgan fingerprint density at radius 2 is 0.940 bits per heavy atom. The highest BCUT2D eigenvalue weighted by atomic mass is 32.2. The molecule has 0 saturated heterocycles. The second-order valence-corrected chi connectivity index (χ2v) is 15.0. The van der Waals surface area contributed by atoms with Crippen molar-refractivity contribution in [2.75, 3.05) is 0 Å². The van der Waals surface area contributed by atoms with E-state index in [0.717, 1.165) is 61.2 Å². The molecule has 0 fully saturated rings. The summed E-state index contributed by atoms with van der Waals surface area (Å²) in [5.41, 5.74) is 1.53. The van der Waals surface area contributed by atoms with Gasteiger partial charge in [0.1, 0.15) is 11.5 Å². The topological polar surface area (TPSA) is 86.7 Å². The van der Waals surface area contributed by atoms with Gasteiger partial charge in [-0.05, 0) is 73.5 Å². The maximum Gasteiger partial charge on any atom is 0.314 e. The molecule has 0 aliphatic heterocycles. The summed E-state index contributed by atoms with van der Waals surface area (Å²) in [5, 5.41) is 0. The van der Waals surface area contributed by atoms with E-state index in [2.05, 4.69) is 13.8 Å². The normalized spacial score (nSPS) is 13.3. The third kappa shape index (κ3) is 9.15. The minimum atomic E-state index is -0.236. The van der Waals surface area contributed by atoms with E-state index >= 15 is 0 Å². The zero-order chi connectivity index (χ0) is 35.6. The minimum absolute atomic E-state index is 0.164. The summed E-state index contributed by atoms with van der Waals surface area (Å²) in [7, 11) is 0. The molecule has 260 valence electrons. The third-order valence-corrected chi connectivity index (χ3v) is 11.0. The van der Waals surface area contributed by atoms with Crippen molar-refractivity contribution < 1.29 is 28.7 Å². The average Bonchev–Trinajstić information content (AvgIpc) is 3.12. The predicted octanol–water partition coefficient (Wildman–Crippen LogP) is 11.0. The molecule has 0 amide bonds. The largest absolute Gasteiger partial charge is 0.426 e. The molecule has 8 heteroatoms. The van der Waals surface area contributed by atoms with Gasteiger partial charge in [0.05, 0.1) is 11.8 Å². The molecule has 4 aromatic carbocycles. The van der Waals surface area contributed by atoms with Gasteiger partial charge in [-0.25, -0.2) is 0 Å². The predicted molar refractivity (Wildman–Crippen MR) is 199 cm³/mol. The van der Waals surface area contributed by atoms with E-state index in [-0.39, 0.29) is 35.3 Å². The molecular weight excluding hydrogens is 665 g/mol. The van der Waals surface area contributed by atoms with Gasteiger partial charge in [-0.3, -0.25) is 19.2 Å². The van der Waals surface area contributed by atoms with Crippen LogP contribution in [0.2, 0.25) is 0 Å². The van der Waals surface area contributed by atoms with E-state index in [1.165, 1.54) is 23.5 Å². The van der Waals surface area contributed by atoms with Crippen molar-refractivity contribution in [1.29, 1.82) is 0 Å². The second-order valence-electron chi connectivity index (χ2n) is 12.8. The van der Waals surface area contributed by atoms with Gasteiger partial charge < -0.3 is 9.47 Å². The maximum absolute atomic E-state index is 14.0. The molecule has 0 saturated carbocycles. The Kier molecular flexibility index (Phi) is 13.1. The number of carbonyl (C=O) groups excluding carboxylic acids is 4. The molecule has 2 atom stereocenters. The van der Waals surface area contributed by atoms with Crippen LogP contribution in [0.25, 0.3) is 0 Å². The van der Waals surface area contributed by atoms with Crippen molar-refractivity contribution >= 4 is 47.0 Å². The highest BCUT2D eigenvalue weighted by Gasteiger charge is 2.34. The number of carbonyl (C=O) groups is 4. The number of fused-ring (bicyclic) bond motifs is 2. The first-order valence-electron chi connectivity index (χ1n) is 17.5. The lowest BCUT2D eigenvalue weighted by Gasteiger charge is -2.22. The average molecular weight is 709 g/mol. The fourth-order valence-electron chi connectivity index (χ4n) is 5.82. The van der Waals surface area contributed by atoms with Crippen LogP contribution in [0.15, 0.2) is 105 Å². The van der Waals surface area contributed by atoms with Crippen LogP contribution >= 0.6 is 23.5 Å². The molecule has 0 bridgehead atoms. The summed E-state index contributed by atoms with van der Waals surface area (Å²) in [6.45, 7) is 8.07. The summed E-state index contributed by atoms with van der Waals surface area (Å²) >= 11 is 2.79. The van der Waals surface area contributed by atoms with Gasteiger partial charge in [-0.2, -0.15) is 0 Å². The summed E-state index contributed by atoms with van der Waals surface area (Å²) in [6.07, 6.45) is 8.02. The van der Waals surface area contributed by atoms with Gasteiger partial charge in [0, 0.05) is 41.8 Å². The number of benzene rings is 4. The van der Waals surface area contributed by atoms with Crippen LogP contribution in [0.4, 0.5) is 0 Å². The fourth-order valence-corrected chi connectivity index (χ4v) is 7.78. The van der Waals surface area contributed by atoms with Crippen LogP contribution in [0.1, 0.15) is 111 Å². The van der Waals surface area contributed by atoms with Crippen molar-refractivity contribution in [3.63, 3.8) is 0 Å². The van der Waals surface area contributed by atoms with Crippen molar-refractivity contribution in [3.8, 4) is 11.5 Å². The number of rotatable bonds is 16. The third-order valence-electron chi connectivity index (χ3n) is 8.82. The van der Waals surface area contributed by atoms with Gasteiger partial charge >= 0.3 is 11.9 Å². The number of hydrogen-bond acceptors (Lipinski definition) is 8. The zero-order valence-corrected chi connectivity index (χ0v) is 30.8. The van der Waals surface area contributed by atoms with E-state index in [9.17, 15) is 19.2 Å². The van der Waals surface area contributed by atoms with Gasteiger partial charge in [0.15, 0.2) is 11.6 Å². The lowest BCUT2D eigenvalue weighted by Crippen LogP contribution is -2.22. The molecule has 0 N–H and O–H groups in total. The standard InChI is InChI=1S/C42H44O6S2/c1-5-7-9-13-27(3)41(45)47-29-19-23-31(24-20-29)49-35-17-11-15-33-37(35)39(43)34-16-12-18-36(38(34)40(33)44)50-32-25-21-30(22-26-32)48-42(46)28(4)14-10-8-6-2/h11-12,15-28H,5-10,13-14H2,1-4H3. The van der Waals surface area contributed by atoms with Crippen LogP contribution in [-0.4, -0.2) is 23.5 Å². The molecule has 6 nitrogen and oxygen atoms in total. The molecule has 2 unspecified atom stereocenters. The Morgan fingerprint density at radius 1 is 0.560 bits per heavy atom. The van der Waals surface area contributed by atoms with Crippen molar-refractivity contribution in [3.05, 3.63) is 107 Å². The summed E-state index contributed by atoms with van der Waals surface area (Å²) in [6, 6.07) is 25.2. The van der Waals surface area contributed by atoms with Gasteiger partial charge in [-0.15, -0.1) is 0 Å². The summed E-state index contributed by atoms with van der Waals surface area (Å²) in [4.78, 5) is 56.1. The van der Waals surface area contributed by atoms with Crippen molar-refractivity contribution in [1.82, 2.24) is 0 Å². The number of hydrogen-bond donors (Lipinski definition) is 0. The summed E-state index contributed by atoms with van der Waals surface area (Å²) in [5.74, 6) is -0.240. The monoisotopic (exact) mass is 708 g/mol. The smallest absolute Gasteiger partial charge is 0.314 e. The van der Waals surface area contributed by atoms with Gasteiger partial charge in [0.2, 0.25) is 0 Å². The number of esters is 2. The van der Waals surface area contributed by atoms with E-state index in [1.54, 1.807) is 48.5 Å². The van der Waals surface area contributed by atoms with E-state index in [0.29, 0.717) is 43.5 Å². The summed E-state index contributed by atoms with van der Waals surface area (Å²) < 4.78 is 11.2. The molecule has 0 radical (unpaired) electrons. The lowest BCUT2D eigenvalue weighted by atomic mass is 9.84. The maximum atomic E-state index is 14.0. The van der Waals surface area contributed by atoms with E-state index in [1.807, 2.05) is 50.2 Å². The lowest BCUT2D eigenvalue weighted by molar-refractivity contribution is -0.139. The highest BCUT2D eigenvalue weighted by molar-refractivity contribution is 7.99. The van der Waals surface area contributed by atoms with Crippen LogP contribution in [0.5, 0.6) is 11.5 Å². The SMILES string of the molecule is CCCCCC(C)C(=O)Oc1ccc(Sc2cccc3c2C(=O)c2cccc(Sc4ccc(OC(=O)C(C)CCCCC)cc4)c2C3=O)cc1. The Labute approximate surface area is 303 Å². The number of unbranched alkanes of at least 4 members (excludes halogenated alkanes) is 4. The number of ketones is 2. The van der Waals surface area contributed by atoms with Gasteiger partial charge in [-0.1, -0.05) is 114 Å². The molecule has 1 aliphatic carbocycles. The van der Waals surface area contributed by atoms with Crippen molar-refractivity contribution in [2.45, 2.75) is 98.6 Å². The van der Waals surface area contributed by atoms with Crippen LogP contribution in [-0.2, 0) is 9.59 Å².